The molecule has 1 aromatic carbocycles. The number of benzene rings is 1. The number of aromatic nitrogens is 2. The number of pyridine rings is 1. The standard InChI is InChI=1S/C24H27N5OS/c1-15-8-4-5-9-19(15)27-21(30)11-13-29-23(18-14-16(2)26-17(18)3)22(28-24(29)31)20-10-6-7-12-25-20/h4-10,12,14,22-23,26H,11,13H2,1-3H3,(H,27,30)(H,28,31). The van der Waals surface area contributed by atoms with Gasteiger partial charge in [0, 0.05) is 36.2 Å². The number of para-hydroxylation sites is 1. The summed E-state index contributed by atoms with van der Waals surface area (Å²) in [6.45, 7) is 6.62. The molecule has 1 aliphatic heterocycles. The van der Waals surface area contributed by atoms with E-state index in [9.17, 15) is 4.79 Å². The minimum absolute atomic E-state index is 0.0286. The van der Waals surface area contributed by atoms with Crippen molar-refractivity contribution in [3.63, 3.8) is 0 Å². The number of rotatable bonds is 6. The molecule has 3 N–H and O–H groups in total. The number of anilines is 1. The Labute approximate surface area is 188 Å². The van der Waals surface area contributed by atoms with E-state index in [1.165, 1.54) is 5.56 Å². The van der Waals surface area contributed by atoms with Gasteiger partial charge in [0.2, 0.25) is 5.91 Å². The van der Waals surface area contributed by atoms with Crippen LogP contribution in [0.3, 0.4) is 0 Å². The average molecular weight is 434 g/mol. The lowest BCUT2D eigenvalue weighted by atomic mass is 9.96. The number of carbonyl (C=O) groups excluding carboxylic acids is 1. The first-order valence-corrected chi connectivity index (χ1v) is 10.8. The highest BCUT2D eigenvalue weighted by Crippen LogP contribution is 2.40. The first-order chi connectivity index (χ1) is 14.9. The summed E-state index contributed by atoms with van der Waals surface area (Å²) >= 11 is 5.69. The summed E-state index contributed by atoms with van der Waals surface area (Å²) in [5.41, 5.74) is 6.18. The first-order valence-electron chi connectivity index (χ1n) is 10.4. The van der Waals surface area contributed by atoms with Crippen LogP contribution in [0.2, 0.25) is 0 Å². The van der Waals surface area contributed by atoms with Crippen LogP contribution in [-0.4, -0.2) is 32.4 Å². The second-order valence-corrected chi connectivity index (χ2v) is 8.35. The largest absolute Gasteiger partial charge is 0.362 e. The Hall–Kier alpha value is -3.19. The minimum atomic E-state index is -0.0815. The summed E-state index contributed by atoms with van der Waals surface area (Å²) in [6.07, 6.45) is 2.13. The molecule has 0 radical (unpaired) electrons. The average Bonchev–Trinajstić information content (AvgIpc) is 3.26. The molecule has 6 nitrogen and oxygen atoms in total. The molecule has 2 unspecified atom stereocenters. The molecule has 7 heteroatoms. The number of nitrogens with one attached hydrogen (secondary N) is 3. The molecule has 1 aliphatic rings. The fraction of sp³-hybridized carbons (Fsp3) is 0.292. The van der Waals surface area contributed by atoms with Gasteiger partial charge in [-0.2, -0.15) is 0 Å². The molecule has 1 saturated heterocycles. The third kappa shape index (κ3) is 4.46. The van der Waals surface area contributed by atoms with Crippen LogP contribution in [0.15, 0.2) is 54.7 Å². The molecule has 3 heterocycles. The maximum absolute atomic E-state index is 12.7. The Kier molecular flexibility index (Phi) is 6.04. The molecule has 2 aromatic heterocycles. The lowest BCUT2D eigenvalue weighted by Crippen LogP contribution is -2.32. The van der Waals surface area contributed by atoms with Crippen LogP contribution in [0, 0.1) is 20.8 Å². The molecule has 2 atom stereocenters. The van der Waals surface area contributed by atoms with Gasteiger partial charge in [0.25, 0.3) is 0 Å². The van der Waals surface area contributed by atoms with Gasteiger partial charge in [-0.25, -0.2) is 0 Å². The maximum Gasteiger partial charge on any atom is 0.226 e. The van der Waals surface area contributed by atoms with E-state index in [4.69, 9.17) is 12.2 Å². The molecule has 0 bridgehead atoms. The van der Waals surface area contributed by atoms with E-state index in [1.54, 1.807) is 6.20 Å². The molecule has 0 saturated carbocycles. The van der Waals surface area contributed by atoms with Crippen LogP contribution >= 0.6 is 12.2 Å². The Morgan fingerprint density at radius 1 is 1.16 bits per heavy atom. The van der Waals surface area contributed by atoms with Crippen molar-refractivity contribution in [1.82, 2.24) is 20.2 Å². The van der Waals surface area contributed by atoms with E-state index in [2.05, 4.69) is 38.5 Å². The number of hydrogen-bond acceptors (Lipinski definition) is 3. The van der Waals surface area contributed by atoms with Crippen molar-refractivity contribution < 1.29 is 4.79 Å². The fourth-order valence-electron chi connectivity index (χ4n) is 4.19. The van der Waals surface area contributed by atoms with Gasteiger partial charge < -0.3 is 20.5 Å². The van der Waals surface area contributed by atoms with Gasteiger partial charge in [-0.05, 0) is 68.4 Å². The minimum Gasteiger partial charge on any atom is -0.362 e. The number of nitrogens with zero attached hydrogens (tertiary/aromatic N) is 2. The van der Waals surface area contributed by atoms with Crippen molar-refractivity contribution in [2.75, 3.05) is 11.9 Å². The van der Waals surface area contributed by atoms with Gasteiger partial charge in [0.05, 0.1) is 17.8 Å². The molecule has 31 heavy (non-hydrogen) atoms. The molecule has 0 aliphatic carbocycles. The van der Waals surface area contributed by atoms with Gasteiger partial charge in [-0.15, -0.1) is 0 Å². The maximum atomic E-state index is 12.7. The molecular weight excluding hydrogens is 406 g/mol. The summed E-state index contributed by atoms with van der Waals surface area (Å²) in [5.74, 6) is -0.0286. The van der Waals surface area contributed by atoms with Crippen LogP contribution < -0.4 is 10.6 Å². The summed E-state index contributed by atoms with van der Waals surface area (Å²) in [4.78, 5) is 22.7. The van der Waals surface area contributed by atoms with E-state index in [0.29, 0.717) is 18.1 Å². The lowest BCUT2D eigenvalue weighted by molar-refractivity contribution is -0.116. The van der Waals surface area contributed by atoms with E-state index in [-0.39, 0.29) is 18.0 Å². The quantitative estimate of drug-likeness (QED) is 0.505. The molecule has 4 rings (SSSR count). The third-order valence-corrected chi connectivity index (χ3v) is 6.06. The highest BCUT2D eigenvalue weighted by Gasteiger charge is 2.40. The SMILES string of the molecule is Cc1cc(C2C(c3ccccn3)NC(=S)N2CCC(=O)Nc2ccccc2C)c(C)[nH]1. The van der Waals surface area contributed by atoms with Crippen molar-refractivity contribution in [2.45, 2.75) is 39.3 Å². The highest BCUT2D eigenvalue weighted by atomic mass is 32.1. The second kappa shape index (κ2) is 8.89. The highest BCUT2D eigenvalue weighted by molar-refractivity contribution is 7.80. The summed E-state index contributed by atoms with van der Waals surface area (Å²) < 4.78 is 0. The van der Waals surface area contributed by atoms with Crippen molar-refractivity contribution in [3.8, 4) is 0 Å². The van der Waals surface area contributed by atoms with Gasteiger partial charge in [-0.1, -0.05) is 24.3 Å². The second-order valence-electron chi connectivity index (χ2n) is 7.97. The summed E-state index contributed by atoms with van der Waals surface area (Å²) in [7, 11) is 0. The Bertz CT molecular complexity index is 1090. The predicted octanol–water partition coefficient (Wildman–Crippen LogP) is 4.34. The van der Waals surface area contributed by atoms with Crippen LogP contribution in [0.25, 0.3) is 0 Å². The summed E-state index contributed by atoms with van der Waals surface area (Å²) in [6, 6.07) is 15.7. The van der Waals surface area contributed by atoms with Gasteiger partial charge >= 0.3 is 0 Å². The van der Waals surface area contributed by atoms with Crippen LogP contribution in [0.1, 0.15) is 46.7 Å². The molecule has 1 fully saturated rings. The monoisotopic (exact) mass is 433 g/mol. The van der Waals surface area contributed by atoms with Crippen LogP contribution in [-0.2, 0) is 4.79 Å². The smallest absolute Gasteiger partial charge is 0.226 e. The normalized spacial score (nSPS) is 18.2. The van der Waals surface area contributed by atoms with Crippen molar-refractivity contribution >= 4 is 28.9 Å². The number of amides is 1. The van der Waals surface area contributed by atoms with Gasteiger partial charge in [0.15, 0.2) is 5.11 Å². The third-order valence-electron chi connectivity index (χ3n) is 5.71. The van der Waals surface area contributed by atoms with Gasteiger partial charge in [-0.3, -0.25) is 9.78 Å². The van der Waals surface area contributed by atoms with Crippen molar-refractivity contribution in [1.29, 1.82) is 0 Å². The summed E-state index contributed by atoms with van der Waals surface area (Å²) in [5, 5.41) is 7.09. The fourth-order valence-corrected chi connectivity index (χ4v) is 4.52. The Morgan fingerprint density at radius 3 is 2.61 bits per heavy atom. The topological polar surface area (TPSA) is 73.1 Å². The number of hydrogen-bond donors (Lipinski definition) is 3. The molecular formula is C24H27N5OS. The number of aromatic amines is 1. The van der Waals surface area contributed by atoms with E-state index < -0.39 is 0 Å². The number of H-pyrrole nitrogens is 1. The molecule has 3 aromatic rings. The molecule has 1 amide bonds. The number of aryl methyl sites for hydroxylation is 3. The van der Waals surface area contributed by atoms with Crippen LogP contribution in [0.5, 0.6) is 0 Å². The van der Waals surface area contributed by atoms with E-state index in [0.717, 1.165) is 28.3 Å². The van der Waals surface area contributed by atoms with Crippen LogP contribution in [0.4, 0.5) is 5.69 Å². The number of thiocarbonyl (C=S) groups is 1. The zero-order chi connectivity index (χ0) is 22.0. The van der Waals surface area contributed by atoms with Crippen molar-refractivity contribution in [3.05, 3.63) is 82.9 Å². The number of carbonyl (C=O) groups is 1. The first kappa shape index (κ1) is 21.1. The zero-order valence-corrected chi connectivity index (χ0v) is 18.8. The molecule has 0 spiro atoms. The zero-order valence-electron chi connectivity index (χ0n) is 18.0. The Morgan fingerprint density at radius 2 is 1.94 bits per heavy atom. The Balaban J connectivity index is 1.56. The van der Waals surface area contributed by atoms with E-state index >= 15 is 0 Å². The van der Waals surface area contributed by atoms with Crippen molar-refractivity contribution in [2.24, 2.45) is 0 Å². The predicted molar refractivity (Wildman–Crippen MR) is 127 cm³/mol. The van der Waals surface area contributed by atoms with E-state index in [1.807, 2.05) is 56.3 Å². The lowest BCUT2D eigenvalue weighted by Gasteiger charge is -2.27. The molecule has 160 valence electrons. The van der Waals surface area contributed by atoms with Gasteiger partial charge in [0.1, 0.15) is 0 Å².